The number of fused-ring (bicyclic) bond motifs is 1. The molecule has 0 bridgehead atoms. The van der Waals surface area contributed by atoms with Crippen molar-refractivity contribution in [3.05, 3.63) is 51.9 Å². The number of halogens is 1. The SMILES string of the molecule is CN1CCc2cc(C(O)c3occc3Br)ccc21. The van der Waals surface area contributed by atoms with Crippen molar-refractivity contribution in [2.24, 2.45) is 0 Å². The lowest BCUT2D eigenvalue weighted by atomic mass is 10.0. The van der Waals surface area contributed by atoms with E-state index in [0.29, 0.717) is 5.76 Å². The molecule has 1 N–H and O–H groups in total. The van der Waals surface area contributed by atoms with Gasteiger partial charge in [-0.2, -0.15) is 0 Å². The molecular weight excluding hydrogens is 294 g/mol. The van der Waals surface area contributed by atoms with Crippen molar-refractivity contribution in [1.82, 2.24) is 0 Å². The third-order valence-corrected chi connectivity index (χ3v) is 4.10. The summed E-state index contributed by atoms with van der Waals surface area (Å²) in [5.41, 5.74) is 3.42. The first-order valence-corrected chi connectivity index (χ1v) is 6.71. The Morgan fingerprint density at radius 1 is 1.39 bits per heavy atom. The molecular formula is C14H14BrNO2. The third-order valence-electron chi connectivity index (χ3n) is 3.44. The lowest BCUT2D eigenvalue weighted by Crippen LogP contribution is -2.12. The fourth-order valence-electron chi connectivity index (χ4n) is 2.41. The van der Waals surface area contributed by atoms with E-state index in [9.17, 15) is 5.11 Å². The van der Waals surface area contributed by atoms with Gasteiger partial charge in [0.25, 0.3) is 0 Å². The Balaban J connectivity index is 1.96. The smallest absolute Gasteiger partial charge is 0.150 e. The van der Waals surface area contributed by atoms with Gasteiger partial charge >= 0.3 is 0 Å². The van der Waals surface area contributed by atoms with E-state index in [1.807, 2.05) is 6.07 Å². The first-order chi connectivity index (χ1) is 8.66. The lowest BCUT2D eigenvalue weighted by molar-refractivity contribution is 0.188. The van der Waals surface area contributed by atoms with Crippen LogP contribution >= 0.6 is 15.9 Å². The molecule has 0 amide bonds. The summed E-state index contributed by atoms with van der Waals surface area (Å²) in [4.78, 5) is 2.23. The molecule has 18 heavy (non-hydrogen) atoms. The van der Waals surface area contributed by atoms with Crippen molar-refractivity contribution in [2.45, 2.75) is 12.5 Å². The summed E-state index contributed by atoms with van der Waals surface area (Å²) in [7, 11) is 2.09. The molecule has 1 aromatic heterocycles. The Morgan fingerprint density at radius 2 is 2.22 bits per heavy atom. The van der Waals surface area contributed by atoms with E-state index < -0.39 is 6.10 Å². The molecule has 94 valence electrons. The Labute approximate surface area is 114 Å². The first kappa shape index (κ1) is 11.8. The molecule has 1 aromatic carbocycles. The second kappa shape index (κ2) is 4.44. The van der Waals surface area contributed by atoms with E-state index in [-0.39, 0.29) is 0 Å². The number of likely N-dealkylation sites (N-methyl/N-ethyl adjacent to an activating group) is 1. The number of hydrogen-bond acceptors (Lipinski definition) is 3. The van der Waals surface area contributed by atoms with Gasteiger partial charge in [-0.25, -0.2) is 0 Å². The van der Waals surface area contributed by atoms with Crippen LogP contribution < -0.4 is 4.90 Å². The van der Waals surface area contributed by atoms with E-state index in [0.717, 1.165) is 23.0 Å². The molecule has 1 aliphatic heterocycles. The number of aliphatic hydroxyl groups excluding tert-OH is 1. The normalized spacial score (nSPS) is 15.8. The number of benzene rings is 1. The molecule has 0 radical (unpaired) electrons. The largest absolute Gasteiger partial charge is 0.465 e. The van der Waals surface area contributed by atoms with Crippen molar-refractivity contribution >= 4 is 21.6 Å². The Morgan fingerprint density at radius 3 is 2.94 bits per heavy atom. The lowest BCUT2D eigenvalue weighted by Gasteiger charge is -2.14. The average Bonchev–Trinajstić information content (AvgIpc) is 2.95. The maximum Gasteiger partial charge on any atom is 0.150 e. The summed E-state index contributed by atoms with van der Waals surface area (Å²) in [5.74, 6) is 0.557. The second-order valence-corrected chi connectivity index (χ2v) is 5.45. The molecule has 1 unspecified atom stereocenters. The van der Waals surface area contributed by atoms with Gasteiger partial charge in [0, 0.05) is 19.3 Å². The van der Waals surface area contributed by atoms with Crippen molar-refractivity contribution in [2.75, 3.05) is 18.5 Å². The topological polar surface area (TPSA) is 36.6 Å². The number of anilines is 1. The molecule has 3 rings (SSSR count). The van der Waals surface area contributed by atoms with Crippen LogP contribution in [0.4, 0.5) is 5.69 Å². The maximum absolute atomic E-state index is 10.3. The fraction of sp³-hybridized carbons (Fsp3) is 0.286. The van der Waals surface area contributed by atoms with Gasteiger partial charge in [-0.3, -0.25) is 0 Å². The van der Waals surface area contributed by atoms with Crippen molar-refractivity contribution < 1.29 is 9.52 Å². The molecule has 1 aliphatic rings. The van der Waals surface area contributed by atoms with E-state index in [1.54, 1.807) is 12.3 Å². The number of aliphatic hydroxyl groups is 1. The minimum Gasteiger partial charge on any atom is -0.465 e. The summed E-state index contributed by atoms with van der Waals surface area (Å²) >= 11 is 3.37. The monoisotopic (exact) mass is 307 g/mol. The van der Waals surface area contributed by atoms with Crippen LogP contribution in [0.15, 0.2) is 39.4 Å². The Hall–Kier alpha value is -1.26. The molecule has 0 fully saturated rings. The standard InChI is InChI=1S/C14H14BrNO2/c1-16-6-4-9-8-10(2-3-12(9)16)13(17)14-11(15)5-7-18-14/h2-3,5,7-8,13,17H,4,6H2,1H3. The van der Waals surface area contributed by atoms with Crippen LogP contribution in [0.25, 0.3) is 0 Å². The van der Waals surface area contributed by atoms with Crippen LogP contribution in [0.5, 0.6) is 0 Å². The van der Waals surface area contributed by atoms with E-state index in [4.69, 9.17) is 4.42 Å². The summed E-state index contributed by atoms with van der Waals surface area (Å²) in [5, 5.41) is 10.3. The fourth-order valence-corrected chi connectivity index (χ4v) is 2.83. The van der Waals surface area contributed by atoms with Crippen molar-refractivity contribution in [3.8, 4) is 0 Å². The highest BCUT2D eigenvalue weighted by Gasteiger charge is 2.21. The van der Waals surface area contributed by atoms with Gasteiger partial charge in [0.05, 0.1) is 10.7 Å². The van der Waals surface area contributed by atoms with Crippen LogP contribution in [0.1, 0.15) is 23.0 Å². The number of nitrogens with zero attached hydrogens (tertiary/aromatic N) is 1. The van der Waals surface area contributed by atoms with Gasteiger partial charge in [-0.1, -0.05) is 12.1 Å². The minimum absolute atomic E-state index is 0.557. The van der Waals surface area contributed by atoms with Gasteiger partial charge < -0.3 is 14.4 Å². The predicted octanol–water partition coefficient (Wildman–Crippen LogP) is 3.12. The summed E-state index contributed by atoms with van der Waals surface area (Å²) in [6, 6.07) is 7.89. The summed E-state index contributed by atoms with van der Waals surface area (Å²) in [6.45, 7) is 1.04. The molecule has 0 aliphatic carbocycles. The molecule has 2 heterocycles. The van der Waals surface area contributed by atoms with Gasteiger partial charge in [0.2, 0.25) is 0 Å². The van der Waals surface area contributed by atoms with Gasteiger partial charge in [0.1, 0.15) is 6.10 Å². The van der Waals surface area contributed by atoms with Crippen LogP contribution in [-0.4, -0.2) is 18.7 Å². The zero-order valence-corrected chi connectivity index (χ0v) is 11.6. The minimum atomic E-state index is -0.717. The van der Waals surface area contributed by atoms with Gasteiger partial charge in [-0.15, -0.1) is 0 Å². The Kier molecular flexibility index (Phi) is 2.92. The number of furan rings is 1. The zero-order valence-electron chi connectivity index (χ0n) is 10.1. The van der Waals surface area contributed by atoms with Crippen LogP contribution in [0, 0.1) is 0 Å². The van der Waals surface area contributed by atoms with Crippen LogP contribution in [0.2, 0.25) is 0 Å². The molecule has 3 nitrogen and oxygen atoms in total. The molecule has 2 aromatic rings. The number of hydrogen-bond donors (Lipinski definition) is 1. The maximum atomic E-state index is 10.3. The molecule has 0 saturated heterocycles. The van der Waals surface area contributed by atoms with E-state index >= 15 is 0 Å². The second-order valence-electron chi connectivity index (χ2n) is 4.60. The number of rotatable bonds is 2. The van der Waals surface area contributed by atoms with Gasteiger partial charge in [-0.05, 0) is 45.6 Å². The highest BCUT2D eigenvalue weighted by Crippen LogP contribution is 2.33. The van der Waals surface area contributed by atoms with Crippen LogP contribution in [-0.2, 0) is 6.42 Å². The molecule has 4 heteroatoms. The van der Waals surface area contributed by atoms with E-state index in [2.05, 4.69) is 40.0 Å². The van der Waals surface area contributed by atoms with Crippen molar-refractivity contribution in [1.29, 1.82) is 0 Å². The van der Waals surface area contributed by atoms with Crippen molar-refractivity contribution in [3.63, 3.8) is 0 Å². The van der Waals surface area contributed by atoms with Gasteiger partial charge in [0.15, 0.2) is 5.76 Å². The third kappa shape index (κ3) is 1.85. The quantitative estimate of drug-likeness (QED) is 0.926. The molecule has 0 spiro atoms. The van der Waals surface area contributed by atoms with Crippen LogP contribution in [0.3, 0.4) is 0 Å². The summed E-state index contributed by atoms with van der Waals surface area (Å²) in [6.07, 6.45) is 1.89. The predicted molar refractivity (Wildman–Crippen MR) is 73.9 cm³/mol. The zero-order chi connectivity index (χ0) is 12.7. The highest BCUT2D eigenvalue weighted by atomic mass is 79.9. The average molecular weight is 308 g/mol. The summed E-state index contributed by atoms with van der Waals surface area (Å²) < 4.78 is 6.11. The first-order valence-electron chi connectivity index (χ1n) is 5.92. The van der Waals surface area contributed by atoms with E-state index in [1.165, 1.54) is 11.3 Å². The molecule has 0 saturated carbocycles. The highest BCUT2D eigenvalue weighted by molar-refractivity contribution is 9.10. The molecule has 1 atom stereocenters. The Bertz CT molecular complexity index is 579.